The standard InChI is InChI=1S/C21H27FN4O3/c1-28-17-7-8-20(29-2)18(13-17)19(27)14-24-21(23)26-11-9-25(10-12-26)16-5-3-15(22)4-6-16/h3-8,13,19,27H,9-12,14H2,1-2H3,(H2,23,24). The number of hydrogen-bond donors (Lipinski definition) is 2. The molecule has 1 heterocycles. The number of nitrogens with zero attached hydrogens (tertiary/aromatic N) is 3. The fourth-order valence-electron chi connectivity index (χ4n) is 3.32. The second kappa shape index (κ2) is 9.47. The summed E-state index contributed by atoms with van der Waals surface area (Å²) < 4.78 is 23.6. The van der Waals surface area contributed by atoms with Gasteiger partial charge in [-0.25, -0.2) is 4.39 Å². The van der Waals surface area contributed by atoms with Crippen molar-refractivity contribution in [3.63, 3.8) is 0 Å². The second-order valence-corrected chi connectivity index (χ2v) is 6.77. The summed E-state index contributed by atoms with van der Waals surface area (Å²) in [5.74, 6) is 1.35. The van der Waals surface area contributed by atoms with Gasteiger partial charge in [-0.05, 0) is 42.5 Å². The summed E-state index contributed by atoms with van der Waals surface area (Å²) in [5, 5.41) is 10.6. The molecule has 2 aromatic carbocycles. The summed E-state index contributed by atoms with van der Waals surface area (Å²) in [6.07, 6.45) is -0.862. The molecule has 1 saturated heterocycles. The topological polar surface area (TPSA) is 83.5 Å². The minimum atomic E-state index is -0.862. The third-order valence-corrected chi connectivity index (χ3v) is 5.02. The lowest BCUT2D eigenvalue weighted by molar-refractivity contribution is 0.181. The van der Waals surface area contributed by atoms with E-state index in [4.69, 9.17) is 15.2 Å². The Bertz CT molecular complexity index is 836. The fourth-order valence-corrected chi connectivity index (χ4v) is 3.32. The number of aliphatic hydroxyl groups is 1. The highest BCUT2D eigenvalue weighted by Gasteiger charge is 2.20. The number of ether oxygens (including phenoxy) is 2. The summed E-state index contributed by atoms with van der Waals surface area (Å²) >= 11 is 0. The van der Waals surface area contributed by atoms with Gasteiger partial charge in [-0.3, -0.25) is 4.99 Å². The Morgan fingerprint density at radius 1 is 1.10 bits per heavy atom. The lowest BCUT2D eigenvalue weighted by atomic mass is 10.1. The van der Waals surface area contributed by atoms with Gasteiger partial charge in [0.25, 0.3) is 0 Å². The van der Waals surface area contributed by atoms with E-state index in [9.17, 15) is 9.50 Å². The van der Waals surface area contributed by atoms with Gasteiger partial charge in [-0.2, -0.15) is 0 Å². The predicted octanol–water partition coefficient (Wildman–Crippen LogP) is 2.01. The van der Waals surface area contributed by atoms with Crippen molar-refractivity contribution < 1.29 is 19.0 Å². The number of nitrogens with two attached hydrogens (primary N) is 1. The maximum Gasteiger partial charge on any atom is 0.191 e. The zero-order valence-corrected chi connectivity index (χ0v) is 16.7. The van der Waals surface area contributed by atoms with E-state index in [2.05, 4.69) is 9.89 Å². The van der Waals surface area contributed by atoms with Crippen LogP contribution in [0.4, 0.5) is 10.1 Å². The number of hydrogen-bond acceptors (Lipinski definition) is 5. The normalized spacial score (nSPS) is 15.9. The lowest BCUT2D eigenvalue weighted by Crippen LogP contribution is -2.51. The molecule has 29 heavy (non-hydrogen) atoms. The molecular weight excluding hydrogens is 375 g/mol. The molecule has 0 bridgehead atoms. The Balaban J connectivity index is 1.58. The highest BCUT2D eigenvalue weighted by atomic mass is 19.1. The number of aliphatic imine (C=N–C) groups is 1. The molecule has 0 aliphatic carbocycles. The molecule has 0 radical (unpaired) electrons. The number of rotatable bonds is 6. The number of benzene rings is 2. The van der Waals surface area contributed by atoms with Gasteiger partial charge >= 0.3 is 0 Å². The first-order valence-electron chi connectivity index (χ1n) is 9.47. The van der Waals surface area contributed by atoms with Crippen molar-refractivity contribution in [1.82, 2.24) is 4.90 Å². The van der Waals surface area contributed by atoms with Crippen LogP contribution in [0.1, 0.15) is 11.7 Å². The van der Waals surface area contributed by atoms with Crippen molar-refractivity contribution in [1.29, 1.82) is 0 Å². The molecule has 3 N–H and O–H groups in total. The summed E-state index contributed by atoms with van der Waals surface area (Å²) in [4.78, 5) is 8.53. The third-order valence-electron chi connectivity index (χ3n) is 5.02. The van der Waals surface area contributed by atoms with Crippen LogP contribution in [0, 0.1) is 5.82 Å². The lowest BCUT2D eigenvalue weighted by Gasteiger charge is -2.36. The molecule has 3 rings (SSSR count). The molecule has 156 valence electrons. The van der Waals surface area contributed by atoms with Crippen molar-refractivity contribution in [2.24, 2.45) is 10.7 Å². The monoisotopic (exact) mass is 402 g/mol. The number of halogens is 1. The van der Waals surface area contributed by atoms with Crippen molar-refractivity contribution >= 4 is 11.6 Å². The highest BCUT2D eigenvalue weighted by Crippen LogP contribution is 2.29. The molecule has 2 aromatic rings. The molecule has 0 spiro atoms. The minimum absolute atomic E-state index is 0.119. The third kappa shape index (κ3) is 5.08. The smallest absolute Gasteiger partial charge is 0.191 e. The van der Waals surface area contributed by atoms with E-state index in [1.54, 1.807) is 44.6 Å². The Morgan fingerprint density at radius 3 is 2.41 bits per heavy atom. The Hall–Kier alpha value is -3.00. The van der Waals surface area contributed by atoms with Crippen LogP contribution < -0.4 is 20.1 Å². The molecule has 1 aliphatic rings. The number of methoxy groups -OCH3 is 2. The van der Waals surface area contributed by atoms with Crippen LogP contribution in [0.25, 0.3) is 0 Å². The van der Waals surface area contributed by atoms with Gasteiger partial charge < -0.3 is 30.1 Å². The summed E-state index contributed by atoms with van der Waals surface area (Å²) in [6, 6.07) is 11.7. The van der Waals surface area contributed by atoms with Gasteiger partial charge in [0.15, 0.2) is 5.96 Å². The van der Waals surface area contributed by atoms with Crippen LogP contribution in [-0.2, 0) is 0 Å². The zero-order valence-electron chi connectivity index (χ0n) is 16.7. The van der Waals surface area contributed by atoms with Crippen molar-refractivity contribution in [3.8, 4) is 11.5 Å². The summed E-state index contributed by atoms with van der Waals surface area (Å²) in [5.41, 5.74) is 7.74. The van der Waals surface area contributed by atoms with Crippen molar-refractivity contribution in [2.45, 2.75) is 6.10 Å². The first kappa shape index (κ1) is 20.7. The van der Waals surface area contributed by atoms with E-state index in [0.29, 0.717) is 36.1 Å². The highest BCUT2D eigenvalue weighted by molar-refractivity contribution is 5.78. The molecule has 1 atom stereocenters. The van der Waals surface area contributed by atoms with Gasteiger partial charge in [-0.1, -0.05) is 0 Å². The van der Waals surface area contributed by atoms with Gasteiger partial charge in [0.1, 0.15) is 23.4 Å². The van der Waals surface area contributed by atoms with E-state index in [0.717, 1.165) is 18.8 Å². The fraction of sp³-hybridized carbons (Fsp3) is 0.381. The van der Waals surface area contributed by atoms with Crippen LogP contribution in [-0.4, -0.2) is 62.9 Å². The maximum atomic E-state index is 13.1. The Morgan fingerprint density at radius 2 is 1.79 bits per heavy atom. The average molecular weight is 402 g/mol. The molecule has 0 aromatic heterocycles. The van der Waals surface area contributed by atoms with Gasteiger partial charge in [0.2, 0.25) is 0 Å². The summed E-state index contributed by atoms with van der Waals surface area (Å²) in [7, 11) is 3.12. The molecule has 1 unspecified atom stereocenters. The quantitative estimate of drug-likeness (QED) is 0.568. The Labute approximate surface area is 170 Å². The van der Waals surface area contributed by atoms with E-state index in [-0.39, 0.29) is 12.4 Å². The van der Waals surface area contributed by atoms with E-state index < -0.39 is 6.10 Å². The van der Waals surface area contributed by atoms with E-state index in [1.165, 1.54) is 12.1 Å². The van der Waals surface area contributed by atoms with Gasteiger partial charge in [0.05, 0.1) is 20.8 Å². The number of guanidine groups is 1. The SMILES string of the molecule is COc1ccc(OC)c(C(O)CN=C(N)N2CCN(c3ccc(F)cc3)CC2)c1. The Kier molecular flexibility index (Phi) is 6.77. The van der Waals surface area contributed by atoms with Crippen LogP contribution in [0.3, 0.4) is 0 Å². The minimum Gasteiger partial charge on any atom is -0.497 e. The molecule has 7 nitrogen and oxygen atoms in total. The largest absolute Gasteiger partial charge is 0.497 e. The van der Waals surface area contributed by atoms with Crippen LogP contribution in [0.2, 0.25) is 0 Å². The number of piperazine rings is 1. The van der Waals surface area contributed by atoms with Gasteiger partial charge in [0, 0.05) is 37.4 Å². The van der Waals surface area contributed by atoms with Crippen LogP contribution in [0.5, 0.6) is 11.5 Å². The maximum absolute atomic E-state index is 13.1. The predicted molar refractivity (Wildman–Crippen MR) is 111 cm³/mol. The van der Waals surface area contributed by atoms with E-state index >= 15 is 0 Å². The first-order valence-corrected chi connectivity index (χ1v) is 9.47. The van der Waals surface area contributed by atoms with Crippen LogP contribution in [0.15, 0.2) is 47.5 Å². The van der Waals surface area contributed by atoms with Crippen LogP contribution >= 0.6 is 0 Å². The number of anilines is 1. The summed E-state index contributed by atoms with van der Waals surface area (Å²) in [6.45, 7) is 3.03. The molecule has 1 aliphatic heterocycles. The molecular formula is C21H27FN4O3. The second-order valence-electron chi connectivity index (χ2n) is 6.77. The number of aliphatic hydroxyl groups excluding tert-OH is 1. The zero-order chi connectivity index (χ0) is 20.8. The van der Waals surface area contributed by atoms with E-state index in [1.807, 2.05) is 4.90 Å². The molecule has 0 amide bonds. The molecule has 0 saturated carbocycles. The average Bonchev–Trinajstić information content (AvgIpc) is 2.77. The first-order chi connectivity index (χ1) is 14.0. The molecule has 8 heteroatoms. The van der Waals surface area contributed by atoms with Crippen molar-refractivity contribution in [3.05, 3.63) is 53.8 Å². The van der Waals surface area contributed by atoms with Gasteiger partial charge in [-0.15, -0.1) is 0 Å². The molecule has 1 fully saturated rings. The van der Waals surface area contributed by atoms with Crippen molar-refractivity contribution in [2.75, 3.05) is 51.8 Å².